The van der Waals surface area contributed by atoms with Crippen molar-refractivity contribution in [3.05, 3.63) is 40.5 Å². The van der Waals surface area contributed by atoms with Crippen molar-refractivity contribution in [2.45, 2.75) is 13.0 Å². The van der Waals surface area contributed by atoms with Gasteiger partial charge in [0.15, 0.2) is 5.76 Å². The molecule has 2 heterocycles. The van der Waals surface area contributed by atoms with Crippen molar-refractivity contribution in [2.75, 3.05) is 6.54 Å². The zero-order chi connectivity index (χ0) is 11.0. The Hall–Kier alpha value is -1.32. The van der Waals surface area contributed by atoms with Gasteiger partial charge in [0, 0.05) is 35.7 Å². The molecule has 0 saturated carbocycles. The van der Waals surface area contributed by atoms with E-state index >= 15 is 0 Å². The van der Waals surface area contributed by atoms with Crippen LogP contribution in [0.2, 0.25) is 5.02 Å². The highest BCUT2D eigenvalue weighted by atomic mass is 35.5. The lowest BCUT2D eigenvalue weighted by Gasteiger charge is -2.11. The predicted molar refractivity (Wildman–Crippen MR) is 62.4 cm³/mol. The molecular weight excluding hydrogens is 224 g/mol. The summed E-state index contributed by atoms with van der Waals surface area (Å²) in [6, 6.07) is 7.66. The Morgan fingerprint density at radius 2 is 2.31 bits per heavy atom. The lowest BCUT2D eigenvalue weighted by Crippen LogP contribution is -2.23. The number of fused-ring (bicyclic) bond motifs is 1. The van der Waals surface area contributed by atoms with Crippen molar-refractivity contribution >= 4 is 11.6 Å². The van der Waals surface area contributed by atoms with Crippen LogP contribution in [0.4, 0.5) is 0 Å². The molecule has 1 aliphatic rings. The number of hydrogen-bond donors (Lipinski definition) is 1. The molecule has 3 nitrogen and oxygen atoms in total. The van der Waals surface area contributed by atoms with E-state index in [1.54, 1.807) is 0 Å². The number of halogens is 1. The average molecular weight is 235 g/mol. The van der Waals surface area contributed by atoms with Crippen LogP contribution in [-0.2, 0) is 13.0 Å². The largest absolute Gasteiger partial charge is 0.356 e. The van der Waals surface area contributed by atoms with Gasteiger partial charge in [-0.2, -0.15) is 0 Å². The average Bonchev–Trinajstić information content (AvgIpc) is 2.72. The Bertz CT molecular complexity index is 521. The molecule has 0 atom stereocenters. The summed E-state index contributed by atoms with van der Waals surface area (Å²) in [4.78, 5) is 0. The fourth-order valence-electron chi connectivity index (χ4n) is 2.00. The van der Waals surface area contributed by atoms with Gasteiger partial charge in [-0.05, 0) is 12.1 Å². The molecule has 0 aliphatic carbocycles. The van der Waals surface area contributed by atoms with Crippen LogP contribution in [0.1, 0.15) is 11.3 Å². The zero-order valence-corrected chi connectivity index (χ0v) is 9.42. The van der Waals surface area contributed by atoms with Crippen molar-refractivity contribution in [3.63, 3.8) is 0 Å². The minimum Gasteiger partial charge on any atom is -0.356 e. The Morgan fingerprint density at radius 3 is 3.19 bits per heavy atom. The molecule has 1 aromatic carbocycles. The second-order valence-corrected chi connectivity index (χ2v) is 4.31. The van der Waals surface area contributed by atoms with E-state index in [-0.39, 0.29) is 0 Å². The van der Waals surface area contributed by atoms with E-state index < -0.39 is 0 Å². The first kappa shape index (κ1) is 9.87. The lowest BCUT2D eigenvalue weighted by atomic mass is 10.0. The predicted octanol–water partition coefficient (Wildman–Crippen LogP) is 2.64. The van der Waals surface area contributed by atoms with Crippen LogP contribution in [0.5, 0.6) is 0 Å². The molecule has 0 radical (unpaired) electrons. The molecule has 4 heteroatoms. The first-order chi connectivity index (χ1) is 7.84. The number of nitrogens with one attached hydrogen (secondary N) is 1. The van der Waals surface area contributed by atoms with E-state index in [1.165, 1.54) is 0 Å². The van der Waals surface area contributed by atoms with Crippen LogP contribution in [0, 0.1) is 0 Å². The molecule has 0 saturated heterocycles. The van der Waals surface area contributed by atoms with Crippen molar-refractivity contribution in [1.29, 1.82) is 0 Å². The third-order valence-corrected chi connectivity index (χ3v) is 3.03. The maximum Gasteiger partial charge on any atom is 0.171 e. The Balaban J connectivity index is 2.09. The normalized spacial score (nSPS) is 14.8. The highest BCUT2D eigenvalue weighted by Gasteiger charge is 2.19. The van der Waals surface area contributed by atoms with Crippen molar-refractivity contribution in [2.24, 2.45) is 0 Å². The van der Waals surface area contributed by atoms with Gasteiger partial charge in [-0.25, -0.2) is 0 Å². The summed E-state index contributed by atoms with van der Waals surface area (Å²) in [6.45, 7) is 1.79. The van der Waals surface area contributed by atoms with Crippen LogP contribution in [-0.4, -0.2) is 11.7 Å². The van der Waals surface area contributed by atoms with Gasteiger partial charge in [0.25, 0.3) is 0 Å². The van der Waals surface area contributed by atoms with E-state index in [0.29, 0.717) is 5.02 Å². The molecule has 0 bridgehead atoms. The quantitative estimate of drug-likeness (QED) is 0.825. The molecule has 1 aliphatic heterocycles. The van der Waals surface area contributed by atoms with E-state index in [2.05, 4.69) is 10.5 Å². The summed E-state index contributed by atoms with van der Waals surface area (Å²) < 4.78 is 5.41. The topological polar surface area (TPSA) is 38.1 Å². The molecule has 0 unspecified atom stereocenters. The molecule has 1 aromatic heterocycles. The lowest BCUT2D eigenvalue weighted by molar-refractivity contribution is 0.423. The summed E-state index contributed by atoms with van der Waals surface area (Å²) >= 11 is 5.97. The molecule has 16 heavy (non-hydrogen) atoms. The number of benzene rings is 1. The third-order valence-electron chi connectivity index (χ3n) is 2.80. The van der Waals surface area contributed by atoms with Gasteiger partial charge in [-0.1, -0.05) is 28.9 Å². The maximum absolute atomic E-state index is 5.97. The summed E-state index contributed by atoms with van der Waals surface area (Å²) in [5, 5.41) is 8.14. The van der Waals surface area contributed by atoms with Crippen molar-refractivity contribution < 1.29 is 4.52 Å². The molecule has 82 valence electrons. The number of nitrogens with zero attached hydrogens (tertiary/aromatic N) is 1. The van der Waals surface area contributed by atoms with Gasteiger partial charge in [0.05, 0.1) is 5.69 Å². The molecular formula is C12H11ClN2O. The minimum atomic E-state index is 0.714. The summed E-state index contributed by atoms with van der Waals surface area (Å²) in [6.07, 6.45) is 0.930. The first-order valence-corrected chi connectivity index (χ1v) is 5.66. The summed E-state index contributed by atoms with van der Waals surface area (Å²) in [7, 11) is 0. The van der Waals surface area contributed by atoms with Crippen molar-refractivity contribution in [1.82, 2.24) is 10.5 Å². The second-order valence-electron chi connectivity index (χ2n) is 3.87. The van der Waals surface area contributed by atoms with E-state index in [4.69, 9.17) is 16.1 Å². The SMILES string of the molecule is Clc1cccc(-c2onc3c2CNCC3)c1. The first-order valence-electron chi connectivity index (χ1n) is 5.28. The highest BCUT2D eigenvalue weighted by molar-refractivity contribution is 6.30. The summed E-state index contributed by atoms with van der Waals surface area (Å²) in [5.41, 5.74) is 3.21. The van der Waals surface area contributed by atoms with Crippen LogP contribution in [0.15, 0.2) is 28.8 Å². The summed E-state index contributed by atoms with van der Waals surface area (Å²) in [5.74, 6) is 0.838. The number of aromatic nitrogens is 1. The molecule has 0 amide bonds. The van der Waals surface area contributed by atoms with E-state index in [1.807, 2.05) is 24.3 Å². The molecule has 0 fully saturated rings. The third kappa shape index (κ3) is 1.62. The standard InChI is InChI=1S/C12H11ClN2O/c13-9-3-1-2-8(6-9)12-10-7-14-5-4-11(10)15-16-12/h1-3,6,14H,4-5,7H2. The number of hydrogen-bond acceptors (Lipinski definition) is 3. The smallest absolute Gasteiger partial charge is 0.171 e. The molecule has 2 aromatic rings. The van der Waals surface area contributed by atoms with Gasteiger partial charge in [-0.3, -0.25) is 0 Å². The Kier molecular flexibility index (Phi) is 2.42. The highest BCUT2D eigenvalue weighted by Crippen LogP contribution is 2.29. The van der Waals surface area contributed by atoms with E-state index in [9.17, 15) is 0 Å². The van der Waals surface area contributed by atoms with Crippen LogP contribution >= 0.6 is 11.6 Å². The van der Waals surface area contributed by atoms with Gasteiger partial charge in [0.2, 0.25) is 0 Å². The Morgan fingerprint density at radius 1 is 1.38 bits per heavy atom. The van der Waals surface area contributed by atoms with Crippen LogP contribution in [0.3, 0.4) is 0 Å². The maximum atomic E-state index is 5.97. The van der Waals surface area contributed by atoms with Gasteiger partial charge in [0.1, 0.15) is 0 Å². The monoisotopic (exact) mass is 234 g/mol. The fraction of sp³-hybridized carbons (Fsp3) is 0.250. The van der Waals surface area contributed by atoms with Gasteiger partial charge >= 0.3 is 0 Å². The molecule has 1 N–H and O–H groups in total. The minimum absolute atomic E-state index is 0.714. The van der Waals surface area contributed by atoms with Gasteiger partial charge < -0.3 is 9.84 Å². The van der Waals surface area contributed by atoms with Crippen LogP contribution in [0.25, 0.3) is 11.3 Å². The van der Waals surface area contributed by atoms with Crippen molar-refractivity contribution in [3.8, 4) is 11.3 Å². The van der Waals surface area contributed by atoms with E-state index in [0.717, 1.165) is 42.1 Å². The van der Waals surface area contributed by atoms with Gasteiger partial charge in [-0.15, -0.1) is 0 Å². The Labute approximate surface area is 98.4 Å². The number of rotatable bonds is 1. The molecule has 3 rings (SSSR count). The fourth-order valence-corrected chi connectivity index (χ4v) is 2.19. The molecule has 0 spiro atoms. The van der Waals surface area contributed by atoms with Crippen LogP contribution < -0.4 is 5.32 Å². The second kappa shape index (κ2) is 3.92. The zero-order valence-electron chi connectivity index (χ0n) is 8.66.